The summed E-state index contributed by atoms with van der Waals surface area (Å²) < 4.78 is 24.9. The summed E-state index contributed by atoms with van der Waals surface area (Å²) in [4.78, 5) is 11.6. The number of carbonyl (C=O) groups is 1. The molecule has 92 valence electrons. The van der Waals surface area contributed by atoms with Gasteiger partial charge >= 0.3 is 0 Å². The van der Waals surface area contributed by atoms with Crippen molar-refractivity contribution in [2.45, 2.75) is 46.0 Å². The van der Waals surface area contributed by atoms with E-state index in [9.17, 15) is 13.2 Å². The second-order valence-corrected chi connectivity index (χ2v) is 5.85. The fraction of sp³-hybridized carbons (Fsp3) is 0.727. The van der Waals surface area contributed by atoms with E-state index < -0.39 is 15.9 Å². The monoisotopic (exact) mass is 245 g/mol. The lowest BCUT2D eigenvalue weighted by molar-refractivity contribution is -0.116. The summed E-state index contributed by atoms with van der Waals surface area (Å²) in [5.74, 6) is -0.423. The van der Waals surface area contributed by atoms with Crippen molar-refractivity contribution >= 4 is 15.9 Å². The summed E-state index contributed by atoms with van der Waals surface area (Å²) in [5.41, 5.74) is 1.50. The van der Waals surface area contributed by atoms with Gasteiger partial charge in [-0.1, -0.05) is 26.7 Å². The molecule has 0 spiro atoms. The first-order valence-corrected chi connectivity index (χ1v) is 7.41. The molecule has 1 heterocycles. The molecule has 0 radical (unpaired) electrons. The van der Waals surface area contributed by atoms with Crippen LogP contribution in [0.15, 0.2) is 11.1 Å². The van der Waals surface area contributed by atoms with E-state index in [1.54, 1.807) is 0 Å². The van der Waals surface area contributed by atoms with Gasteiger partial charge in [-0.25, -0.2) is 13.1 Å². The molecule has 0 unspecified atom stereocenters. The number of nitrogens with one attached hydrogen (secondary N) is 1. The predicted octanol–water partition coefficient (Wildman–Crippen LogP) is 1.73. The van der Waals surface area contributed by atoms with Crippen molar-refractivity contribution < 1.29 is 13.2 Å². The summed E-state index contributed by atoms with van der Waals surface area (Å²) in [6.07, 6.45) is 4.19. The Morgan fingerprint density at radius 3 is 2.44 bits per heavy atom. The van der Waals surface area contributed by atoms with Crippen LogP contribution in [0.1, 0.15) is 46.0 Å². The van der Waals surface area contributed by atoms with Gasteiger partial charge in [-0.3, -0.25) is 4.79 Å². The molecule has 1 N–H and O–H groups in total. The first-order valence-electron chi connectivity index (χ1n) is 5.76. The van der Waals surface area contributed by atoms with E-state index in [1.165, 1.54) is 0 Å². The summed E-state index contributed by atoms with van der Waals surface area (Å²) in [6.45, 7) is 4.04. The van der Waals surface area contributed by atoms with Crippen LogP contribution in [0.4, 0.5) is 0 Å². The Balaban J connectivity index is 2.97. The van der Waals surface area contributed by atoms with Gasteiger partial charge in [-0.2, -0.15) is 0 Å². The first-order chi connectivity index (χ1) is 7.50. The molecule has 1 rings (SSSR count). The zero-order valence-corrected chi connectivity index (χ0v) is 10.7. The second kappa shape index (κ2) is 5.48. The molecular weight excluding hydrogens is 226 g/mol. The van der Waals surface area contributed by atoms with E-state index in [4.69, 9.17) is 0 Å². The average Bonchev–Trinajstić information content (AvgIpc) is 2.18. The molecule has 0 aromatic carbocycles. The molecule has 0 atom stereocenters. The first kappa shape index (κ1) is 13.2. The lowest BCUT2D eigenvalue weighted by Crippen LogP contribution is -2.39. The smallest absolute Gasteiger partial charge is 0.260 e. The van der Waals surface area contributed by atoms with Crippen LogP contribution in [0.3, 0.4) is 0 Å². The van der Waals surface area contributed by atoms with Gasteiger partial charge in [0.25, 0.3) is 5.91 Å². The zero-order valence-electron chi connectivity index (χ0n) is 9.88. The third kappa shape index (κ3) is 3.33. The SMILES string of the molecule is CCCCC1=C(CCC)C(=O)NS(=O)(=O)C1. The molecule has 5 heteroatoms. The number of sulfonamides is 1. The molecule has 0 saturated carbocycles. The van der Waals surface area contributed by atoms with Gasteiger partial charge in [0.05, 0.1) is 5.75 Å². The van der Waals surface area contributed by atoms with E-state index in [-0.39, 0.29) is 5.75 Å². The molecular formula is C11H19NO3S. The summed E-state index contributed by atoms with van der Waals surface area (Å²) in [5, 5.41) is 0. The highest BCUT2D eigenvalue weighted by Gasteiger charge is 2.28. The van der Waals surface area contributed by atoms with Crippen LogP contribution in [-0.4, -0.2) is 20.1 Å². The Hall–Kier alpha value is -0.840. The second-order valence-electron chi connectivity index (χ2n) is 4.13. The number of rotatable bonds is 5. The lowest BCUT2D eigenvalue weighted by Gasteiger charge is -2.20. The highest BCUT2D eigenvalue weighted by molar-refractivity contribution is 7.90. The average molecular weight is 245 g/mol. The van der Waals surface area contributed by atoms with Crippen LogP contribution in [0.25, 0.3) is 0 Å². The summed E-state index contributed by atoms with van der Waals surface area (Å²) >= 11 is 0. The molecule has 16 heavy (non-hydrogen) atoms. The van der Waals surface area contributed by atoms with Crippen molar-refractivity contribution in [3.05, 3.63) is 11.1 Å². The number of unbranched alkanes of at least 4 members (excludes halogenated alkanes) is 1. The number of hydrogen-bond acceptors (Lipinski definition) is 3. The Kier molecular flexibility index (Phi) is 4.53. The van der Waals surface area contributed by atoms with Crippen LogP contribution >= 0.6 is 0 Å². The molecule has 1 amide bonds. The number of amides is 1. The van der Waals surface area contributed by atoms with Crippen molar-refractivity contribution in [2.75, 3.05) is 5.75 Å². The third-order valence-corrected chi connectivity index (χ3v) is 3.87. The number of carbonyl (C=O) groups excluding carboxylic acids is 1. The molecule has 4 nitrogen and oxygen atoms in total. The Morgan fingerprint density at radius 2 is 1.88 bits per heavy atom. The van der Waals surface area contributed by atoms with Gasteiger partial charge < -0.3 is 0 Å². The Labute approximate surface area is 97.2 Å². The van der Waals surface area contributed by atoms with Crippen LogP contribution in [-0.2, 0) is 14.8 Å². The van der Waals surface area contributed by atoms with Gasteiger partial charge in [0.15, 0.2) is 0 Å². The minimum absolute atomic E-state index is 0.00588. The molecule has 0 bridgehead atoms. The maximum Gasteiger partial charge on any atom is 0.260 e. The van der Waals surface area contributed by atoms with Gasteiger partial charge in [0.2, 0.25) is 10.0 Å². The van der Waals surface area contributed by atoms with Gasteiger partial charge in [0, 0.05) is 5.57 Å². The van der Waals surface area contributed by atoms with Crippen LogP contribution in [0.2, 0.25) is 0 Å². The molecule has 0 aliphatic carbocycles. The van der Waals surface area contributed by atoms with Crippen molar-refractivity contribution in [3.63, 3.8) is 0 Å². The van der Waals surface area contributed by atoms with Gasteiger partial charge in [-0.05, 0) is 24.8 Å². The van der Waals surface area contributed by atoms with Crippen LogP contribution in [0, 0.1) is 0 Å². The van der Waals surface area contributed by atoms with Crippen molar-refractivity contribution in [3.8, 4) is 0 Å². The lowest BCUT2D eigenvalue weighted by atomic mass is 9.99. The third-order valence-electron chi connectivity index (χ3n) is 2.65. The van der Waals surface area contributed by atoms with E-state index >= 15 is 0 Å². The van der Waals surface area contributed by atoms with Crippen LogP contribution in [0.5, 0.6) is 0 Å². The fourth-order valence-electron chi connectivity index (χ4n) is 1.87. The fourth-order valence-corrected chi connectivity index (χ4v) is 3.12. The van der Waals surface area contributed by atoms with E-state index in [1.807, 2.05) is 6.92 Å². The molecule has 1 aliphatic rings. The van der Waals surface area contributed by atoms with Crippen molar-refractivity contribution in [1.82, 2.24) is 4.72 Å². The largest absolute Gasteiger partial charge is 0.269 e. The van der Waals surface area contributed by atoms with E-state index in [2.05, 4.69) is 11.6 Å². The quantitative estimate of drug-likeness (QED) is 0.802. The Morgan fingerprint density at radius 1 is 1.19 bits per heavy atom. The van der Waals surface area contributed by atoms with Crippen LogP contribution < -0.4 is 4.72 Å². The van der Waals surface area contributed by atoms with E-state index in [0.29, 0.717) is 12.0 Å². The van der Waals surface area contributed by atoms with E-state index in [0.717, 1.165) is 31.3 Å². The minimum Gasteiger partial charge on any atom is -0.269 e. The zero-order chi connectivity index (χ0) is 12.2. The minimum atomic E-state index is -3.42. The molecule has 1 aliphatic heterocycles. The highest BCUT2D eigenvalue weighted by Crippen LogP contribution is 2.22. The normalized spacial score (nSPS) is 19.8. The highest BCUT2D eigenvalue weighted by atomic mass is 32.2. The summed E-state index contributed by atoms with van der Waals surface area (Å²) in [6, 6.07) is 0. The molecule has 0 saturated heterocycles. The maximum atomic E-state index is 11.6. The van der Waals surface area contributed by atoms with Gasteiger partial charge in [-0.15, -0.1) is 0 Å². The van der Waals surface area contributed by atoms with Gasteiger partial charge in [0.1, 0.15) is 0 Å². The Bertz CT molecular complexity index is 395. The topological polar surface area (TPSA) is 63.2 Å². The number of hydrogen-bond donors (Lipinski definition) is 1. The predicted molar refractivity (Wildman–Crippen MR) is 63.4 cm³/mol. The molecule has 0 fully saturated rings. The van der Waals surface area contributed by atoms with Crippen molar-refractivity contribution in [1.29, 1.82) is 0 Å². The van der Waals surface area contributed by atoms with Crippen molar-refractivity contribution in [2.24, 2.45) is 0 Å². The molecule has 0 aromatic rings. The molecule has 0 aromatic heterocycles. The maximum absolute atomic E-state index is 11.6. The summed E-state index contributed by atoms with van der Waals surface area (Å²) in [7, 11) is -3.42. The standard InChI is InChI=1S/C11H19NO3S/c1-3-5-7-9-8-16(14,15)12-11(13)10(9)6-4-2/h3-8H2,1-2H3,(H,12,13).